The van der Waals surface area contributed by atoms with E-state index in [4.69, 9.17) is 11.6 Å². The minimum Gasteiger partial charge on any atom is -0.355 e. The molecule has 0 unspecified atom stereocenters. The number of aromatic nitrogens is 4. The zero-order valence-electron chi connectivity index (χ0n) is 13.7. The standard InChI is InChI=1S/C17H19ClN6S/c18-16-4-3-15(25-16)10-13-12-24(22-21-13)14-2-5-17(20-11-14)23-8-1-6-19-7-9-23/h2-5,11-12,19H,1,6-10H2. The van der Waals surface area contributed by atoms with Gasteiger partial charge < -0.3 is 10.2 Å². The Morgan fingerprint density at radius 1 is 1.16 bits per heavy atom. The maximum Gasteiger partial charge on any atom is 0.128 e. The van der Waals surface area contributed by atoms with E-state index < -0.39 is 0 Å². The molecule has 1 fully saturated rings. The van der Waals surface area contributed by atoms with Crippen LogP contribution in [0.3, 0.4) is 0 Å². The van der Waals surface area contributed by atoms with Crippen molar-refractivity contribution in [1.29, 1.82) is 0 Å². The minimum atomic E-state index is 0.740. The van der Waals surface area contributed by atoms with Gasteiger partial charge in [0.2, 0.25) is 0 Å². The summed E-state index contributed by atoms with van der Waals surface area (Å²) in [7, 11) is 0. The van der Waals surface area contributed by atoms with E-state index in [1.165, 1.54) is 4.88 Å². The van der Waals surface area contributed by atoms with Crippen LogP contribution in [0.4, 0.5) is 5.82 Å². The first-order valence-electron chi connectivity index (χ1n) is 8.35. The molecule has 3 aromatic heterocycles. The molecule has 1 aliphatic heterocycles. The zero-order valence-corrected chi connectivity index (χ0v) is 15.3. The van der Waals surface area contributed by atoms with Gasteiger partial charge in [-0.25, -0.2) is 9.67 Å². The van der Waals surface area contributed by atoms with Crippen molar-refractivity contribution < 1.29 is 0 Å². The molecule has 0 saturated carbocycles. The van der Waals surface area contributed by atoms with E-state index in [1.807, 2.05) is 30.6 Å². The Balaban J connectivity index is 1.46. The van der Waals surface area contributed by atoms with E-state index in [0.717, 1.165) is 60.6 Å². The summed E-state index contributed by atoms with van der Waals surface area (Å²) in [5.74, 6) is 1.01. The zero-order chi connectivity index (χ0) is 17.1. The van der Waals surface area contributed by atoms with Crippen molar-refractivity contribution in [1.82, 2.24) is 25.3 Å². The monoisotopic (exact) mass is 374 g/mol. The van der Waals surface area contributed by atoms with Crippen molar-refractivity contribution in [2.24, 2.45) is 0 Å². The summed E-state index contributed by atoms with van der Waals surface area (Å²) in [6.45, 7) is 4.10. The van der Waals surface area contributed by atoms with Gasteiger partial charge >= 0.3 is 0 Å². The Bertz CT molecular complexity index is 820. The number of hydrogen-bond acceptors (Lipinski definition) is 6. The highest BCUT2D eigenvalue weighted by molar-refractivity contribution is 7.16. The normalized spacial score (nSPS) is 15.3. The molecule has 4 rings (SSSR count). The first-order valence-corrected chi connectivity index (χ1v) is 9.55. The van der Waals surface area contributed by atoms with Crippen LogP contribution in [0, 0.1) is 0 Å². The molecule has 130 valence electrons. The maximum atomic E-state index is 5.98. The topological polar surface area (TPSA) is 58.9 Å². The molecular formula is C17H19ClN6S. The third kappa shape index (κ3) is 4.00. The molecule has 25 heavy (non-hydrogen) atoms. The van der Waals surface area contributed by atoms with E-state index in [1.54, 1.807) is 16.0 Å². The smallest absolute Gasteiger partial charge is 0.128 e. The van der Waals surface area contributed by atoms with Gasteiger partial charge in [0, 0.05) is 30.9 Å². The number of rotatable bonds is 4. The molecule has 1 N–H and O–H groups in total. The second-order valence-corrected chi connectivity index (χ2v) is 7.80. The van der Waals surface area contributed by atoms with E-state index in [0.29, 0.717) is 0 Å². The van der Waals surface area contributed by atoms with Crippen LogP contribution in [-0.2, 0) is 6.42 Å². The molecule has 0 aliphatic carbocycles. The summed E-state index contributed by atoms with van der Waals surface area (Å²) >= 11 is 7.55. The molecule has 4 heterocycles. The molecule has 6 nitrogen and oxygen atoms in total. The Morgan fingerprint density at radius 3 is 2.92 bits per heavy atom. The summed E-state index contributed by atoms with van der Waals surface area (Å²) in [5.41, 5.74) is 1.83. The molecule has 3 aromatic rings. The van der Waals surface area contributed by atoms with E-state index >= 15 is 0 Å². The summed E-state index contributed by atoms with van der Waals surface area (Å²) in [6.07, 6.45) is 5.68. The molecule has 8 heteroatoms. The third-order valence-electron chi connectivity index (χ3n) is 4.19. The highest BCUT2D eigenvalue weighted by Crippen LogP contribution is 2.23. The molecule has 0 bridgehead atoms. The molecule has 0 radical (unpaired) electrons. The van der Waals surface area contributed by atoms with Gasteiger partial charge in [0.05, 0.1) is 28.1 Å². The van der Waals surface area contributed by atoms with Crippen molar-refractivity contribution in [3.05, 3.63) is 51.6 Å². The van der Waals surface area contributed by atoms with Crippen LogP contribution in [0.2, 0.25) is 4.34 Å². The van der Waals surface area contributed by atoms with Crippen LogP contribution in [-0.4, -0.2) is 46.2 Å². The van der Waals surface area contributed by atoms with Crippen LogP contribution in [0.5, 0.6) is 0 Å². The van der Waals surface area contributed by atoms with Crippen molar-refractivity contribution in [3.63, 3.8) is 0 Å². The lowest BCUT2D eigenvalue weighted by Gasteiger charge is -2.20. The number of pyridine rings is 1. The molecule has 1 aliphatic rings. The van der Waals surface area contributed by atoms with Gasteiger partial charge in [-0.15, -0.1) is 16.4 Å². The highest BCUT2D eigenvalue weighted by Gasteiger charge is 2.11. The third-order valence-corrected chi connectivity index (χ3v) is 5.42. The Labute approximate surface area is 155 Å². The molecule has 0 atom stereocenters. The number of halogens is 1. The number of thiophene rings is 1. The SMILES string of the molecule is Clc1ccc(Cc2cn(-c3ccc(N4CCCNCC4)nc3)nn2)s1. The largest absolute Gasteiger partial charge is 0.355 e. The summed E-state index contributed by atoms with van der Waals surface area (Å²) in [4.78, 5) is 8.11. The summed E-state index contributed by atoms with van der Waals surface area (Å²) in [6, 6.07) is 8.04. The van der Waals surface area contributed by atoms with Crippen molar-refractivity contribution >= 4 is 28.8 Å². The van der Waals surface area contributed by atoms with E-state index in [-0.39, 0.29) is 0 Å². The lowest BCUT2D eigenvalue weighted by Crippen LogP contribution is -2.28. The lowest BCUT2D eigenvalue weighted by atomic mass is 10.3. The van der Waals surface area contributed by atoms with Crippen LogP contribution >= 0.6 is 22.9 Å². The van der Waals surface area contributed by atoms with Crippen LogP contribution in [0.15, 0.2) is 36.7 Å². The predicted molar refractivity (Wildman–Crippen MR) is 101 cm³/mol. The molecular weight excluding hydrogens is 356 g/mol. The Kier molecular flexibility index (Phi) is 4.96. The van der Waals surface area contributed by atoms with Gasteiger partial charge in [0.1, 0.15) is 5.82 Å². The Hall–Kier alpha value is -1.96. The van der Waals surface area contributed by atoms with E-state index in [2.05, 4.69) is 31.6 Å². The summed E-state index contributed by atoms with van der Waals surface area (Å²) in [5, 5.41) is 11.9. The van der Waals surface area contributed by atoms with Gasteiger partial charge in [-0.1, -0.05) is 16.8 Å². The quantitative estimate of drug-likeness (QED) is 0.761. The van der Waals surface area contributed by atoms with Crippen molar-refractivity contribution in [2.45, 2.75) is 12.8 Å². The number of hydrogen-bond donors (Lipinski definition) is 1. The summed E-state index contributed by atoms with van der Waals surface area (Å²) < 4.78 is 2.57. The van der Waals surface area contributed by atoms with Crippen LogP contribution in [0.1, 0.15) is 17.0 Å². The fourth-order valence-electron chi connectivity index (χ4n) is 2.91. The molecule has 0 aromatic carbocycles. The first kappa shape index (κ1) is 16.5. The second-order valence-electron chi connectivity index (χ2n) is 6.00. The number of nitrogens with zero attached hydrogens (tertiary/aromatic N) is 5. The fraction of sp³-hybridized carbons (Fsp3) is 0.353. The van der Waals surface area contributed by atoms with Gasteiger partial charge in [-0.3, -0.25) is 0 Å². The minimum absolute atomic E-state index is 0.740. The average Bonchev–Trinajstić information content (AvgIpc) is 3.16. The average molecular weight is 375 g/mol. The van der Waals surface area contributed by atoms with E-state index in [9.17, 15) is 0 Å². The van der Waals surface area contributed by atoms with Gasteiger partial charge in [-0.05, 0) is 37.2 Å². The highest BCUT2D eigenvalue weighted by atomic mass is 35.5. The number of anilines is 1. The molecule has 0 spiro atoms. The maximum absolute atomic E-state index is 5.98. The van der Waals surface area contributed by atoms with Crippen molar-refractivity contribution in [3.8, 4) is 5.69 Å². The Morgan fingerprint density at radius 2 is 2.12 bits per heavy atom. The van der Waals surface area contributed by atoms with Crippen molar-refractivity contribution in [2.75, 3.05) is 31.1 Å². The molecule has 0 amide bonds. The fourth-order valence-corrected chi connectivity index (χ4v) is 4.01. The van der Waals surface area contributed by atoms with Gasteiger partial charge in [0.25, 0.3) is 0 Å². The van der Waals surface area contributed by atoms with Crippen LogP contribution < -0.4 is 10.2 Å². The van der Waals surface area contributed by atoms with Gasteiger partial charge in [0.15, 0.2) is 0 Å². The number of nitrogens with one attached hydrogen (secondary N) is 1. The van der Waals surface area contributed by atoms with Crippen LogP contribution in [0.25, 0.3) is 5.69 Å². The lowest BCUT2D eigenvalue weighted by molar-refractivity contribution is 0.724. The second kappa shape index (κ2) is 7.51. The van der Waals surface area contributed by atoms with Gasteiger partial charge in [-0.2, -0.15) is 0 Å². The molecule has 1 saturated heterocycles. The predicted octanol–water partition coefficient (Wildman–Crippen LogP) is 2.77. The first-order chi connectivity index (χ1) is 12.3.